The molecular formula is C9H13N3O2. The Hall–Kier alpha value is -1.75. The molecule has 0 atom stereocenters. The summed E-state index contributed by atoms with van der Waals surface area (Å²) in [6, 6.07) is 7.00. The Balaban J connectivity index is 2.46. The average Bonchev–Trinajstić information content (AvgIpc) is 2.17. The van der Waals surface area contributed by atoms with Crippen molar-refractivity contribution in [3.8, 4) is 0 Å². The van der Waals surface area contributed by atoms with Gasteiger partial charge in [-0.3, -0.25) is 0 Å². The van der Waals surface area contributed by atoms with Crippen molar-refractivity contribution < 1.29 is 9.63 Å². The number of hydrogen-bond acceptors (Lipinski definition) is 5. The molecular weight excluding hydrogens is 182 g/mol. The highest BCUT2D eigenvalue weighted by atomic mass is 16.7. The monoisotopic (exact) mass is 195 g/mol. The zero-order valence-electron chi connectivity index (χ0n) is 7.69. The van der Waals surface area contributed by atoms with Crippen molar-refractivity contribution in [3.63, 3.8) is 0 Å². The summed E-state index contributed by atoms with van der Waals surface area (Å²) in [6.07, 6.45) is 0.180. The SMILES string of the molecule is NCCC(=O)ONc1ccccc1N. The van der Waals surface area contributed by atoms with Crippen LogP contribution in [0.1, 0.15) is 6.42 Å². The summed E-state index contributed by atoms with van der Waals surface area (Å²) in [5, 5.41) is 0. The molecule has 1 aromatic rings. The molecule has 0 aliphatic heterocycles. The van der Waals surface area contributed by atoms with Gasteiger partial charge in [-0.1, -0.05) is 12.1 Å². The molecule has 0 saturated carbocycles. The molecule has 0 spiro atoms. The first-order valence-corrected chi connectivity index (χ1v) is 4.24. The van der Waals surface area contributed by atoms with Gasteiger partial charge in [0.2, 0.25) is 0 Å². The van der Waals surface area contributed by atoms with E-state index in [4.69, 9.17) is 16.3 Å². The predicted molar refractivity (Wildman–Crippen MR) is 54.2 cm³/mol. The lowest BCUT2D eigenvalue weighted by atomic mass is 10.3. The van der Waals surface area contributed by atoms with Crippen LogP contribution in [-0.2, 0) is 9.63 Å². The zero-order chi connectivity index (χ0) is 10.4. The van der Waals surface area contributed by atoms with Crippen LogP contribution < -0.4 is 16.9 Å². The molecule has 0 fully saturated rings. The number of rotatable bonds is 4. The Kier molecular flexibility index (Phi) is 3.75. The minimum Gasteiger partial charge on any atom is -0.397 e. The van der Waals surface area contributed by atoms with E-state index < -0.39 is 5.97 Å². The summed E-state index contributed by atoms with van der Waals surface area (Å²) < 4.78 is 0. The second kappa shape index (κ2) is 5.08. The number of anilines is 2. The van der Waals surface area contributed by atoms with Crippen LogP contribution in [0.4, 0.5) is 11.4 Å². The fourth-order valence-electron chi connectivity index (χ4n) is 0.871. The van der Waals surface area contributed by atoms with Crippen LogP contribution in [-0.4, -0.2) is 12.5 Å². The number of nitrogens with one attached hydrogen (secondary N) is 1. The molecule has 0 bridgehead atoms. The van der Waals surface area contributed by atoms with E-state index >= 15 is 0 Å². The van der Waals surface area contributed by atoms with Gasteiger partial charge in [0.15, 0.2) is 0 Å². The van der Waals surface area contributed by atoms with E-state index in [1.807, 2.05) is 0 Å². The fourth-order valence-corrected chi connectivity index (χ4v) is 0.871. The molecule has 0 aliphatic rings. The topological polar surface area (TPSA) is 90.4 Å². The third-order valence-corrected chi connectivity index (χ3v) is 1.58. The third-order valence-electron chi connectivity index (χ3n) is 1.58. The summed E-state index contributed by atoms with van der Waals surface area (Å²) in [6.45, 7) is 0.269. The number of nitrogen functional groups attached to an aromatic ring is 1. The Bertz CT molecular complexity index is 315. The van der Waals surface area contributed by atoms with E-state index in [0.29, 0.717) is 11.4 Å². The van der Waals surface area contributed by atoms with Gasteiger partial charge < -0.3 is 16.3 Å². The van der Waals surface area contributed by atoms with Gasteiger partial charge in [0.05, 0.1) is 17.8 Å². The van der Waals surface area contributed by atoms with Crippen LogP contribution in [0.5, 0.6) is 0 Å². The lowest BCUT2D eigenvalue weighted by Crippen LogP contribution is -2.15. The first-order chi connectivity index (χ1) is 6.74. The standard InChI is InChI=1S/C9H13N3O2/c10-6-5-9(13)14-12-8-4-2-1-3-7(8)11/h1-4,12H,5-6,10-11H2. The minimum absolute atomic E-state index is 0.180. The number of nitrogens with two attached hydrogens (primary N) is 2. The van der Waals surface area contributed by atoms with Gasteiger partial charge in [0.25, 0.3) is 0 Å². The molecule has 1 aromatic carbocycles. The Labute approximate surface area is 82.0 Å². The Morgan fingerprint density at radius 2 is 2.14 bits per heavy atom. The van der Waals surface area contributed by atoms with Crippen molar-refractivity contribution in [1.29, 1.82) is 0 Å². The molecule has 14 heavy (non-hydrogen) atoms. The number of carbonyl (C=O) groups is 1. The maximum atomic E-state index is 10.9. The molecule has 0 saturated heterocycles. The van der Waals surface area contributed by atoms with Gasteiger partial charge in [-0.2, -0.15) is 0 Å². The number of hydrogen-bond donors (Lipinski definition) is 3. The molecule has 5 N–H and O–H groups in total. The van der Waals surface area contributed by atoms with Crippen LogP contribution >= 0.6 is 0 Å². The van der Waals surface area contributed by atoms with E-state index in [1.165, 1.54) is 0 Å². The first kappa shape index (κ1) is 10.3. The van der Waals surface area contributed by atoms with Gasteiger partial charge in [-0.15, -0.1) is 0 Å². The summed E-state index contributed by atoms with van der Waals surface area (Å²) in [4.78, 5) is 15.6. The molecule has 0 radical (unpaired) electrons. The minimum atomic E-state index is -0.407. The lowest BCUT2D eigenvalue weighted by Gasteiger charge is -2.07. The van der Waals surface area contributed by atoms with Crippen molar-refractivity contribution in [1.82, 2.24) is 0 Å². The van der Waals surface area contributed by atoms with Gasteiger partial charge in [-0.25, -0.2) is 10.3 Å². The molecule has 1 rings (SSSR count). The van der Waals surface area contributed by atoms with E-state index in [2.05, 4.69) is 5.48 Å². The van der Waals surface area contributed by atoms with Crippen LogP contribution in [0.2, 0.25) is 0 Å². The van der Waals surface area contributed by atoms with Crippen molar-refractivity contribution in [3.05, 3.63) is 24.3 Å². The molecule has 0 aliphatic carbocycles. The predicted octanol–water partition coefficient (Wildman–Crippen LogP) is 0.488. The average molecular weight is 195 g/mol. The van der Waals surface area contributed by atoms with E-state index in [-0.39, 0.29) is 13.0 Å². The number of benzene rings is 1. The normalized spacial score (nSPS) is 9.50. The quantitative estimate of drug-likeness (QED) is 0.480. The molecule has 5 nitrogen and oxygen atoms in total. The maximum absolute atomic E-state index is 10.9. The van der Waals surface area contributed by atoms with Gasteiger partial charge in [0.1, 0.15) is 0 Å². The van der Waals surface area contributed by atoms with Crippen molar-refractivity contribution >= 4 is 17.3 Å². The highest BCUT2D eigenvalue weighted by Gasteiger charge is 2.02. The second-order valence-corrected chi connectivity index (χ2v) is 2.70. The Morgan fingerprint density at radius 1 is 1.43 bits per heavy atom. The maximum Gasteiger partial charge on any atom is 0.333 e. The molecule has 0 aromatic heterocycles. The van der Waals surface area contributed by atoms with E-state index in [1.54, 1.807) is 24.3 Å². The van der Waals surface area contributed by atoms with Gasteiger partial charge in [0, 0.05) is 6.54 Å². The highest BCUT2D eigenvalue weighted by molar-refractivity contribution is 5.72. The van der Waals surface area contributed by atoms with Crippen molar-refractivity contribution in [2.45, 2.75) is 6.42 Å². The van der Waals surface area contributed by atoms with Crippen LogP contribution in [0.3, 0.4) is 0 Å². The highest BCUT2D eigenvalue weighted by Crippen LogP contribution is 2.16. The second-order valence-electron chi connectivity index (χ2n) is 2.70. The fraction of sp³-hybridized carbons (Fsp3) is 0.222. The largest absolute Gasteiger partial charge is 0.397 e. The number of carbonyl (C=O) groups excluding carboxylic acids is 1. The zero-order valence-corrected chi connectivity index (χ0v) is 7.69. The molecule has 0 heterocycles. The van der Waals surface area contributed by atoms with Crippen LogP contribution in [0.15, 0.2) is 24.3 Å². The Morgan fingerprint density at radius 3 is 2.79 bits per heavy atom. The van der Waals surface area contributed by atoms with Crippen molar-refractivity contribution in [2.75, 3.05) is 17.8 Å². The van der Waals surface area contributed by atoms with Gasteiger partial charge in [-0.05, 0) is 12.1 Å². The smallest absolute Gasteiger partial charge is 0.333 e. The first-order valence-electron chi connectivity index (χ1n) is 4.24. The van der Waals surface area contributed by atoms with Crippen LogP contribution in [0, 0.1) is 0 Å². The number of para-hydroxylation sites is 2. The van der Waals surface area contributed by atoms with Gasteiger partial charge >= 0.3 is 5.97 Å². The van der Waals surface area contributed by atoms with E-state index in [0.717, 1.165) is 0 Å². The molecule has 5 heteroatoms. The summed E-state index contributed by atoms with van der Waals surface area (Å²) in [5.74, 6) is -0.407. The third kappa shape index (κ3) is 2.95. The summed E-state index contributed by atoms with van der Waals surface area (Å²) in [7, 11) is 0. The molecule has 0 amide bonds. The summed E-state index contributed by atoms with van der Waals surface area (Å²) in [5.41, 5.74) is 14.3. The summed E-state index contributed by atoms with van der Waals surface area (Å²) >= 11 is 0. The molecule has 0 unspecified atom stereocenters. The lowest BCUT2D eigenvalue weighted by molar-refractivity contribution is -0.140. The molecule has 76 valence electrons. The van der Waals surface area contributed by atoms with Crippen molar-refractivity contribution in [2.24, 2.45) is 5.73 Å². The van der Waals surface area contributed by atoms with Crippen LogP contribution in [0.25, 0.3) is 0 Å². The van der Waals surface area contributed by atoms with E-state index in [9.17, 15) is 4.79 Å².